The van der Waals surface area contributed by atoms with Crippen LogP contribution in [0.4, 0.5) is 10.1 Å². The minimum atomic E-state index is -0.313. The highest BCUT2D eigenvalue weighted by Crippen LogP contribution is 2.37. The van der Waals surface area contributed by atoms with Crippen LogP contribution in [0, 0.1) is 24.6 Å². The molecule has 1 saturated heterocycles. The molecule has 3 unspecified atom stereocenters. The van der Waals surface area contributed by atoms with Gasteiger partial charge in [-0.15, -0.1) is 0 Å². The van der Waals surface area contributed by atoms with Gasteiger partial charge in [-0.2, -0.15) is 0 Å². The van der Waals surface area contributed by atoms with Gasteiger partial charge in [-0.25, -0.2) is 4.39 Å². The number of hydrogen-bond acceptors (Lipinski definition) is 3. The Bertz CT molecular complexity index is 549. The third-order valence-electron chi connectivity index (χ3n) is 4.72. The second-order valence-corrected chi connectivity index (χ2v) is 6.27. The predicted molar refractivity (Wildman–Crippen MR) is 78.4 cm³/mol. The van der Waals surface area contributed by atoms with Crippen molar-refractivity contribution in [2.75, 3.05) is 25.0 Å². The molecule has 5 heteroatoms. The fraction of sp³-hybridized carbons (Fsp3) is 0.562. The van der Waals surface area contributed by atoms with Crippen molar-refractivity contribution in [2.45, 2.75) is 25.9 Å². The number of rotatable bonds is 3. The normalized spacial score (nSPS) is 28.6. The Hall–Kier alpha value is -1.46. The third-order valence-corrected chi connectivity index (χ3v) is 4.72. The number of anilines is 1. The third kappa shape index (κ3) is 3.09. The van der Waals surface area contributed by atoms with E-state index in [2.05, 4.69) is 10.2 Å². The van der Waals surface area contributed by atoms with Gasteiger partial charge in [0.25, 0.3) is 0 Å². The van der Waals surface area contributed by atoms with Gasteiger partial charge in [0.05, 0.1) is 12.6 Å². The molecule has 1 aliphatic carbocycles. The highest BCUT2D eigenvalue weighted by Gasteiger charge is 2.41. The number of nitrogens with zero attached hydrogens (tertiary/aromatic N) is 1. The fourth-order valence-electron chi connectivity index (χ4n) is 3.53. The number of likely N-dealkylation sites (tertiary alicyclic amines) is 1. The zero-order valence-electron chi connectivity index (χ0n) is 12.2. The van der Waals surface area contributed by atoms with Gasteiger partial charge in [0.15, 0.2) is 0 Å². The van der Waals surface area contributed by atoms with E-state index in [4.69, 9.17) is 0 Å². The maximum atomic E-state index is 13.4. The van der Waals surface area contributed by atoms with Crippen molar-refractivity contribution in [1.29, 1.82) is 0 Å². The van der Waals surface area contributed by atoms with Crippen molar-refractivity contribution in [3.8, 4) is 0 Å². The number of carbonyl (C=O) groups excluding carboxylic acids is 1. The number of hydrogen-bond donors (Lipinski definition) is 2. The molecule has 3 atom stereocenters. The predicted octanol–water partition coefficient (Wildman–Crippen LogP) is 1.78. The number of aryl methyl sites for hydroxylation is 1. The van der Waals surface area contributed by atoms with Gasteiger partial charge >= 0.3 is 0 Å². The molecular weight excluding hydrogens is 271 g/mol. The van der Waals surface area contributed by atoms with E-state index in [9.17, 15) is 14.3 Å². The van der Waals surface area contributed by atoms with Crippen molar-refractivity contribution < 1.29 is 14.3 Å². The maximum Gasteiger partial charge on any atom is 0.238 e. The van der Waals surface area contributed by atoms with Crippen LogP contribution in [0.25, 0.3) is 0 Å². The summed E-state index contributed by atoms with van der Waals surface area (Å²) in [5, 5.41) is 12.6. The molecule has 1 aromatic carbocycles. The van der Waals surface area contributed by atoms with E-state index in [1.165, 1.54) is 6.07 Å². The van der Waals surface area contributed by atoms with E-state index in [-0.39, 0.29) is 17.8 Å². The molecule has 0 bridgehead atoms. The summed E-state index contributed by atoms with van der Waals surface area (Å²) in [7, 11) is 0. The molecule has 1 saturated carbocycles. The lowest BCUT2D eigenvalue weighted by Crippen LogP contribution is -2.33. The van der Waals surface area contributed by atoms with E-state index >= 15 is 0 Å². The summed E-state index contributed by atoms with van der Waals surface area (Å²) in [4.78, 5) is 14.1. The van der Waals surface area contributed by atoms with Crippen LogP contribution in [0.1, 0.15) is 18.4 Å². The standard InChI is InChI=1S/C16H21FN2O2/c1-10-2-4-12(6-14(10)17)18-16(21)9-19-7-11-3-5-15(20)13(11)8-19/h2,4,6,11,13,15,20H,3,5,7-9H2,1H3,(H,18,21). The minimum absolute atomic E-state index is 0.132. The van der Waals surface area contributed by atoms with Crippen molar-refractivity contribution in [1.82, 2.24) is 4.90 Å². The van der Waals surface area contributed by atoms with E-state index < -0.39 is 0 Å². The van der Waals surface area contributed by atoms with E-state index in [1.54, 1.807) is 19.1 Å². The van der Waals surface area contributed by atoms with Gasteiger partial charge in [0.2, 0.25) is 5.91 Å². The molecule has 0 radical (unpaired) electrons. The highest BCUT2D eigenvalue weighted by molar-refractivity contribution is 5.92. The van der Waals surface area contributed by atoms with Gasteiger partial charge in [-0.05, 0) is 43.4 Å². The largest absolute Gasteiger partial charge is 0.393 e. The van der Waals surface area contributed by atoms with E-state index in [0.29, 0.717) is 29.6 Å². The zero-order valence-corrected chi connectivity index (χ0v) is 12.2. The number of aliphatic hydroxyl groups excluding tert-OH is 1. The molecule has 114 valence electrons. The monoisotopic (exact) mass is 292 g/mol. The summed E-state index contributed by atoms with van der Waals surface area (Å²) in [5.74, 6) is 0.388. The molecule has 0 aromatic heterocycles. The maximum absolute atomic E-state index is 13.4. The lowest BCUT2D eigenvalue weighted by molar-refractivity contribution is -0.117. The molecule has 2 aliphatic rings. The fourth-order valence-corrected chi connectivity index (χ4v) is 3.53. The van der Waals surface area contributed by atoms with Gasteiger partial charge in [-0.1, -0.05) is 6.07 Å². The van der Waals surface area contributed by atoms with Gasteiger partial charge in [0, 0.05) is 24.7 Å². The number of fused-ring (bicyclic) bond motifs is 1. The Labute approximate surface area is 124 Å². The van der Waals surface area contributed by atoms with Crippen LogP contribution < -0.4 is 5.32 Å². The van der Waals surface area contributed by atoms with Crippen molar-refractivity contribution in [3.05, 3.63) is 29.6 Å². The van der Waals surface area contributed by atoms with Crippen molar-refractivity contribution in [3.63, 3.8) is 0 Å². The van der Waals surface area contributed by atoms with Crippen LogP contribution in [-0.2, 0) is 4.79 Å². The second-order valence-electron chi connectivity index (χ2n) is 6.27. The number of amides is 1. The van der Waals surface area contributed by atoms with Gasteiger partial charge < -0.3 is 10.4 Å². The van der Waals surface area contributed by atoms with Gasteiger partial charge in [-0.3, -0.25) is 9.69 Å². The highest BCUT2D eigenvalue weighted by atomic mass is 19.1. The van der Waals surface area contributed by atoms with Crippen LogP contribution >= 0.6 is 0 Å². The number of carbonyl (C=O) groups is 1. The lowest BCUT2D eigenvalue weighted by Gasteiger charge is -2.17. The van der Waals surface area contributed by atoms with Gasteiger partial charge in [0.1, 0.15) is 5.82 Å². The Morgan fingerprint density at radius 1 is 1.43 bits per heavy atom. The molecule has 0 spiro atoms. The quantitative estimate of drug-likeness (QED) is 0.893. The lowest BCUT2D eigenvalue weighted by atomic mass is 10.00. The first-order valence-corrected chi connectivity index (χ1v) is 7.49. The Morgan fingerprint density at radius 2 is 2.24 bits per heavy atom. The molecule has 1 aliphatic heterocycles. The van der Waals surface area contributed by atoms with E-state index in [0.717, 1.165) is 25.9 Å². The second kappa shape index (κ2) is 5.73. The molecule has 3 rings (SSSR count). The summed E-state index contributed by atoms with van der Waals surface area (Å²) >= 11 is 0. The summed E-state index contributed by atoms with van der Waals surface area (Å²) in [6, 6.07) is 4.70. The Kier molecular flexibility index (Phi) is 3.95. The van der Waals surface area contributed by atoms with Crippen molar-refractivity contribution >= 4 is 11.6 Å². The number of halogens is 1. The SMILES string of the molecule is Cc1ccc(NC(=O)CN2CC3CCC(O)C3C2)cc1F. The first-order valence-electron chi connectivity index (χ1n) is 7.49. The Balaban J connectivity index is 1.54. The number of aliphatic hydroxyl groups is 1. The summed E-state index contributed by atoms with van der Waals surface area (Å²) < 4.78 is 13.4. The average molecular weight is 292 g/mol. The molecule has 21 heavy (non-hydrogen) atoms. The molecule has 1 aromatic rings. The Morgan fingerprint density at radius 3 is 2.95 bits per heavy atom. The molecule has 1 amide bonds. The minimum Gasteiger partial charge on any atom is -0.393 e. The zero-order chi connectivity index (χ0) is 15.0. The van der Waals surface area contributed by atoms with Crippen LogP contribution in [0.5, 0.6) is 0 Å². The summed E-state index contributed by atoms with van der Waals surface area (Å²) in [5.41, 5.74) is 1.05. The molecule has 2 fully saturated rings. The first kappa shape index (κ1) is 14.5. The number of benzene rings is 1. The molecular formula is C16H21FN2O2. The average Bonchev–Trinajstić information content (AvgIpc) is 2.96. The summed E-state index contributed by atoms with van der Waals surface area (Å²) in [6.45, 7) is 3.64. The van der Waals surface area contributed by atoms with Crippen LogP contribution in [0.3, 0.4) is 0 Å². The number of nitrogens with one attached hydrogen (secondary N) is 1. The van der Waals surface area contributed by atoms with Crippen LogP contribution in [0.15, 0.2) is 18.2 Å². The van der Waals surface area contributed by atoms with Crippen molar-refractivity contribution in [2.24, 2.45) is 11.8 Å². The molecule has 4 nitrogen and oxygen atoms in total. The first-order chi connectivity index (χ1) is 10.0. The summed E-state index contributed by atoms with van der Waals surface area (Å²) in [6.07, 6.45) is 1.72. The molecule has 2 N–H and O–H groups in total. The van der Waals surface area contributed by atoms with Crippen LogP contribution in [0.2, 0.25) is 0 Å². The van der Waals surface area contributed by atoms with Crippen LogP contribution in [-0.4, -0.2) is 41.7 Å². The molecule has 1 heterocycles. The topological polar surface area (TPSA) is 52.6 Å². The van der Waals surface area contributed by atoms with E-state index in [1.807, 2.05) is 0 Å². The smallest absolute Gasteiger partial charge is 0.238 e.